The van der Waals surface area contributed by atoms with Gasteiger partial charge in [0.05, 0.1) is 10.4 Å². The van der Waals surface area contributed by atoms with Crippen LogP contribution in [0.4, 0.5) is 5.13 Å². The Morgan fingerprint density at radius 3 is 2.75 bits per heavy atom. The lowest BCUT2D eigenvalue weighted by Crippen LogP contribution is -2.40. The van der Waals surface area contributed by atoms with Crippen LogP contribution in [-0.4, -0.2) is 57.7 Å². The number of thiophene rings is 1. The Kier molecular flexibility index (Phi) is 6.84. The van der Waals surface area contributed by atoms with Crippen molar-refractivity contribution in [1.82, 2.24) is 9.88 Å². The van der Waals surface area contributed by atoms with Crippen LogP contribution < -0.4 is 9.64 Å². The van der Waals surface area contributed by atoms with Gasteiger partial charge in [-0.05, 0) is 42.8 Å². The molecule has 11 heteroatoms. The summed E-state index contributed by atoms with van der Waals surface area (Å²) in [5.74, 6) is -1.14. The van der Waals surface area contributed by atoms with Crippen LogP contribution in [-0.2, 0) is 9.59 Å². The summed E-state index contributed by atoms with van der Waals surface area (Å²) >= 11 is 2.54. The SMILES string of the molecule is O=C1c2ccccc2OC1c1csc(N(CCCC(=O)N2CCCC2C(=O)O)C(=O)c2cccs2)n1. The number of ketones is 1. The van der Waals surface area contributed by atoms with Gasteiger partial charge in [0.25, 0.3) is 5.91 Å². The molecular formula is C25H23N3O6S2. The van der Waals surface area contributed by atoms with Crippen molar-refractivity contribution < 1.29 is 29.0 Å². The summed E-state index contributed by atoms with van der Waals surface area (Å²) < 4.78 is 5.83. The van der Waals surface area contributed by atoms with Crippen molar-refractivity contribution in [2.45, 2.75) is 37.8 Å². The third kappa shape index (κ3) is 4.63. The van der Waals surface area contributed by atoms with E-state index in [4.69, 9.17) is 4.74 Å². The highest BCUT2D eigenvalue weighted by Crippen LogP contribution is 2.38. The van der Waals surface area contributed by atoms with Crippen LogP contribution in [0.5, 0.6) is 5.75 Å². The molecular weight excluding hydrogens is 502 g/mol. The number of para-hydroxylation sites is 1. The van der Waals surface area contributed by atoms with Gasteiger partial charge in [0.2, 0.25) is 17.8 Å². The first-order chi connectivity index (χ1) is 17.4. The number of ether oxygens (including phenoxy) is 1. The standard InChI is InChI=1S/C25H23N3O6S2/c29-20(27-11-3-7-17(27)24(32)33)10-4-12-28(23(31)19-9-5-13-35-19)25-26-16(14-36-25)22-21(30)15-6-1-2-8-18(15)34-22/h1-2,5-6,8-9,13-14,17,22H,3-4,7,10-12H2,(H,32,33). The zero-order valence-electron chi connectivity index (χ0n) is 19.2. The van der Waals surface area contributed by atoms with E-state index in [1.54, 1.807) is 41.8 Å². The lowest BCUT2D eigenvalue weighted by atomic mass is 10.1. The zero-order chi connectivity index (χ0) is 25.2. The average molecular weight is 526 g/mol. The van der Waals surface area contributed by atoms with Crippen molar-refractivity contribution in [3.63, 3.8) is 0 Å². The number of carbonyl (C=O) groups is 4. The van der Waals surface area contributed by atoms with Crippen LogP contribution in [0.1, 0.15) is 57.5 Å². The van der Waals surface area contributed by atoms with Gasteiger partial charge in [-0.3, -0.25) is 19.3 Å². The van der Waals surface area contributed by atoms with Crippen LogP contribution in [0.15, 0.2) is 47.2 Å². The number of rotatable bonds is 8. The van der Waals surface area contributed by atoms with Gasteiger partial charge in [0, 0.05) is 24.9 Å². The molecule has 1 saturated heterocycles. The summed E-state index contributed by atoms with van der Waals surface area (Å²) in [6.45, 7) is 0.655. The summed E-state index contributed by atoms with van der Waals surface area (Å²) in [7, 11) is 0. The molecule has 9 nitrogen and oxygen atoms in total. The van der Waals surface area contributed by atoms with E-state index in [9.17, 15) is 24.3 Å². The first-order valence-electron chi connectivity index (χ1n) is 11.6. The van der Waals surface area contributed by atoms with E-state index in [0.29, 0.717) is 52.8 Å². The van der Waals surface area contributed by atoms with E-state index < -0.39 is 18.1 Å². The number of amides is 2. The van der Waals surface area contributed by atoms with Crippen LogP contribution in [0.3, 0.4) is 0 Å². The molecule has 2 aromatic heterocycles. The average Bonchev–Trinajstić information content (AvgIpc) is 3.68. The van der Waals surface area contributed by atoms with E-state index in [2.05, 4.69) is 4.98 Å². The monoisotopic (exact) mass is 525 g/mol. The molecule has 2 atom stereocenters. The molecule has 0 saturated carbocycles. The maximum Gasteiger partial charge on any atom is 0.326 e. The first-order valence-corrected chi connectivity index (χ1v) is 13.3. The van der Waals surface area contributed by atoms with Crippen molar-refractivity contribution in [1.29, 1.82) is 0 Å². The normalized spacial score (nSPS) is 18.7. The van der Waals surface area contributed by atoms with Gasteiger partial charge in [-0.2, -0.15) is 0 Å². The molecule has 3 aromatic rings. The molecule has 36 heavy (non-hydrogen) atoms. The first kappa shape index (κ1) is 24.1. The van der Waals surface area contributed by atoms with Gasteiger partial charge in [-0.1, -0.05) is 18.2 Å². The van der Waals surface area contributed by atoms with Crippen LogP contribution in [0, 0.1) is 0 Å². The Labute approximate surface area is 214 Å². The number of carboxylic acid groups (broad SMARTS) is 1. The quantitative estimate of drug-likeness (QED) is 0.472. The molecule has 4 heterocycles. The molecule has 2 aliphatic rings. The van der Waals surface area contributed by atoms with E-state index >= 15 is 0 Å². The number of likely N-dealkylation sites (tertiary alicyclic amines) is 1. The Balaban J connectivity index is 1.31. The van der Waals surface area contributed by atoms with Crippen molar-refractivity contribution in [3.8, 4) is 5.75 Å². The number of aliphatic carboxylic acids is 1. The minimum absolute atomic E-state index is 0.121. The highest BCUT2D eigenvalue weighted by Gasteiger charge is 2.36. The number of thiazole rings is 1. The predicted molar refractivity (Wildman–Crippen MR) is 134 cm³/mol. The molecule has 0 aliphatic carbocycles. The fourth-order valence-electron chi connectivity index (χ4n) is 4.48. The van der Waals surface area contributed by atoms with Gasteiger partial charge in [-0.25, -0.2) is 9.78 Å². The fourth-order valence-corrected chi connectivity index (χ4v) is 6.02. The van der Waals surface area contributed by atoms with Gasteiger partial charge >= 0.3 is 5.97 Å². The smallest absolute Gasteiger partial charge is 0.326 e. The van der Waals surface area contributed by atoms with Gasteiger partial charge in [0.15, 0.2) is 5.13 Å². The van der Waals surface area contributed by atoms with Crippen molar-refractivity contribution in [2.75, 3.05) is 18.0 Å². The Hall–Kier alpha value is -3.57. The zero-order valence-corrected chi connectivity index (χ0v) is 20.8. The highest BCUT2D eigenvalue weighted by molar-refractivity contribution is 7.14. The Morgan fingerprint density at radius 2 is 2.00 bits per heavy atom. The maximum absolute atomic E-state index is 13.3. The summed E-state index contributed by atoms with van der Waals surface area (Å²) in [5, 5.41) is 13.3. The number of carboxylic acids is 1. The van der Waals surface area contributed by atoms with Crippen LogP contribution in [0.25, 0.3) is 0 Å². The van der Waals surface area contributed by atoms with E-state index in [1.807, 2.05) is 5.38 Å². The molecule has 2 amide bonds. The molecule has 1 aromatic carbocycles. The lowest BCUT2D eigenvalue weighted by Gasteiger charge is -2.23. The molecule has 5 rings (SSSR count). The number of carbonyl (C=O) groups excluding carboxylic acids is 3. The maximum atomic E-state index is 13.3. The fraction of sp³-hybridized carbons (Fsp3) is 0.320. The van der Waals surface area contributed by atoms with E-state index in [0.717, 1.165) is 0 Å². The minimum Gasteiger partial charge on any atom is -0.480 e. The third-order valence-electron chi connectivity index (χ3n) is 6.25. The van der Waals surface area contributed by atoms with E-state index in [1.165, 1.54) is 32.5 Å². The summed E-state index contributed by atoms with van der Waals surface area (Å²) in [6.07, 6.45) is 0.723. The number of fused-ring (bicyclic) bond motifs is 1. The van der Waals surface area contributed by atoms with E-state index in [-0.39, 0.29) is 30.6 Å². The number of benzene rings is 1. The minimum atomic E-state index is -0.989. The molecule has 0 bridgehead atoms. The van der Waals surface area contributed by atoms with Gasteiger partial charge in [0.1, 0.15) is 17.5 Å². The predicted octanol–water partition coefficient (Wildman–Crippen LogP) is 4.02. The number of hydrogen-bond donors (Lipinski definition) is 1. The molecule has 186 valence electrons. The summed E-state index contributed by atoms with van der Waals surface area (Å²) in [5.41, 5.74) is 0.932. The second-order valence-electron chi connectivity index (χ2n) is 8.53. The molecule has 0 spiro atoms. The largest absolute Gasteiger partial charge is 0.480 e. The second kappa shape index (κ2) is 10.2. The Morgan fingerprint density at radius 1 is 1.17 bits per heavy atom. The number of nitrogens with zero attached hydrogens (tertiary/aromatic N) is 3. The van der Waals surface area contributed by atoms with Crippen LogP contribution >= 0.6 is 22.7 Å². The molecule has 1 N–H and O–H groups in total. The summed E-state index contributed by atoms with van der Waals surface area (Å²) in [6, 6.07) is 9.75. The molecule has 2 unspecified atom stereocenters. The number of anilines is 1. The second-order valence-corrected chi connectivity index (χ2v) is 10.3. The van der Waals surface area contributed by atoms with Crippen molar-refractivity contribution in [3.05, 3.63) is 63.3 Å². The third-order valence-corrected chi connectivity index (χ3v) is 7.99. The highest BCUT2D eigenvalue weighted by atomic mass is 32.1. The number of Topliss-reactive ketones (excluding diaryl/α,β-unsaturated/α-hetero) is 1. The van der Waals surface area contributed by atoms with Crippen molar-refractivity contribution >= 4 is 51.4 Å². The number of hydrogen-bond acceptors (Lipinski definition) is 8. The topological polar surface area (TPSA) is 117 Å². The van der Waals surface area contributed by atoms with Gasteiger partial charge < -0.3 is 14.7 Å². The summed E-state index contributed by atoms with van der Waals surface area (Å²) in [4.78, 5) is 58.3. The van der Waals surface area contributed by atoms with Crippen molar-refractivity contribution in [2.24, 2.45) is 0 Å². The molecule has 1 fully saturated rings. The molecule has 2 aliphatic heterocycles. The lowest BCUT2D eigenvalue weighted by molar-refractivity contribution is -0.148. The molecule has 0 radical (unpaired) electrons. The number of aromatic nitrogens is 1. The Bertz CT molecular complexity index is 1300. The van der Waals surface area contributed by atoms with Crippen LogP contribution in [0.2, 0.25) is 0 Å². The van der Waals surface area contributed by atoms with Gasteiger partial charge in [-0.15, -0.1) is 22.7 Å².